The number of unbranched alkanes of at least 4 members (excludes halogenated alkanes) is 1. The van der Waals surface area contributed by atoms with Crippen LogP contribution in [-0.2, 0) is 26.2 Å². The zero-order valence-corrected chi connectivity index (χ0v) is 21.6. The average molecular weight is 550 g/mol. The van der Waals surface area contributed by atoms with Gasteiger partial charge in [-0.1, -0.05) is 53.5 Å². The van der Waals surface area contributed by atoms with Gasteiger partial charge in [-0.3, -0.25) is 14.4 Å². The second-order valence-electron chi connectivity index (χ2n) is 8.10. The fraction of sp³-hybridized carbons (Fsp3) is 0.375. The Kier molecular flexibility index (Phi) is 8.48. The number of nitrogens with zero attached hydrogens (tertiary/aromatic N) is 2. The maximum absolute atomic E-state index is 13.3. The van der Waals surface area contributed by atoms with Gasteiger partial charge in [0.15, 0.2) is 0 Å². The fourth-order valence-electron chi connectivity index (χ4n) is 3.74. The Morgan fingerprint density at radius 3 is 2.56 bits per heavy atom. The van der Waals surface area contributed by atoms with Gasteiger partial charge in [0.05, 0.1) is 5.56 Å². The molecule has 3 rings (SSSR count). The van der Waals surface area contributed by atoms with E-state index in [-0.39, 0.29) is 35.9 Å². The average Bonchev–Trinajstić information content (AvgIpc) is 3.00. The first-order chi connectivity index (χ1) is 16.2. The first-order valence-electron chi connectivity index (χ1n) is 11.1. The van der Waals surface area contributed by atoms with Crippen molar-refractivity contribution in [2.24, 2.45) is 0 Å². The highest BCUT2D eigenvalue weighted by Crippen LogP contribution is 2.30. The van der Waals surface area contributed by atoms with Gasteiger partial charge in [0.2, 0.25) is 11.8 Å². The Morgan fingerprint density at radius 1 is 1.15 bits per heavy atom. The number of benzene rings is 2. The molecule has 1 aliphatic heterocycles. The maximum atomic E-state index is 13.3. The molecule has 0 saturated carbocycles. The van der Waals surface area contributed by atoms with Gasteiger partial charge >= 0.3 is 0 Å². The van der Waals surface area contributed by atoms with Gasteiger partial charge in [-0.15, -0.1) is 0 Å². The van der Waals surface area contributed by atoms with Crippen LogP contribution in [0.2, 0.25) is 0 Å². The Hall–Kier alpha value is -2.72. The third kappa shape index (κ3) is 5.67. The summed E-state index contributed by atoms with van der Waals surface area (Å²) in [7, 11) is -4.01. The lowest BCUT2D eigenvalue weighted by atomic mass is 10.1. The van der Waals surface area contributed by atoms with Gasteiger partial charge < -0.3 is 10.2 Å². The lowest BCUT2D eigenvalue weighted by Crippen LogP contribution is -2.48. The predicted octanol–water partition coefficient (Wildman–Crippen LogP) is 3.32. The van der Waals surface area contributed by atoms with E-state index in [1.165, 1.54) is 17.0 Å². The largest absolute Gasteiger partial charge is 0.354 e. The second kappa shape index (κ2) is 11.1. The molecule has 0 saturated heterocycles. The number of halogens is 1. The van der Waals surface area contributed by atoms with Crippen LogP contribution in [-0.4, -0.2) is 54.5 Å². The van der Waals surface area contributed by atoms with Gasteiger partial charge in [0.1, 0.15) is 10.9 Å². The first kappa shape index (κ1) is 25.9. The Labute approximate surface area is 208 Å². The molecule has 0 spiro atoms. The van der Waals surface area contributed by atoms with Crippen LogP contribution in [0, 0.1) is 0 Å². The number of nitrogens with one attached hydrogen (secondary N) is 1. The molecule has 34 heavy (non-hydrogen) atoms. The molecule has 0 radical (unpaired) electrons. The number of rotatable bonds is 10. The van der Waals surface area contributed by atoms with Gasteiger partial charge in [-0.2, -0.15) is 0 Å². The number of carbonyl (C=O) groups is 3. The van der Waals surface area contributed by atoms with E-state index in [0.29, 0.717) is 6.54 Å². The molecule has 8 nitrogen and oxygen atoms in total. The third-order valence-electron chi connectivity index (χ3n) is 5.68. The number of amides is 3. The van der Waals surface area contributed by atoms with E-state index in [2.05, 4.69) is 21.2 Å². The third-order valence-corrected chi connectivity index (χ3v) is 8.01. The predicted molar refractivity (Wildman–Crippen MR) is 131 cm³/mol. The van der Waals surface area contributed by atoms with Crippen molar-refractivity contribution in [3.8, 4) is 0 Å². The molecule has 2 aromatic rings. The van der Waals surface area contributed by atoms with E-state index < -0.39 is 27.9 Å². The minimum atomic E-state index is -4.01. The molecule has 3 amide bonds. The number of hydrogen-bond donors (Lipinski definition) is 1. The van der Waals surface area contributed by atoms with Crippen molar-refractivity contribution < 1.29 is 22.8 Å². The molecule has 1 N–H and O–H groups in total. The van der Waals surface area contributed by atoms with Crippen LogP contribution in [0.25, 0.3) is 0 Å². The monoisotopic (exact) mass is 549 g/mol. The van der Waals surface area contributed by atoms with Crippen molar-refractivity contribution in [1.82, 2.24) is 14.5 Å². The highest BCUT2D eigenvalue weighted by molar-refractivity contribution is 9.10. The number of hydrogen-bond acceptors (Lipinski definition) is 5. The summed E-state index contributed by atoms with van der Waals surface area (Å²) in [4.78, 5) is 40.0. The summed E-state index contributed by atoms with van der Waals surface area (Å²) >= 11 is 3.41. The van der Waals surface area contributed by atoms with Crippen molar-refractivity contribution in [2.45, 2.75) is 50.6 Å². The zero-order chi connectivity index (χ0) is 24.9. The van der Waals surface area contributed by atoms with E-state index in [0.717, 1.165) is 27.2 Å². The van der Waals surface area contributed by atoms with Crippen molar-refractivity contribution in [3.05, 3.63) is 64.1 Å². The fourth-order valence-corrected chi connectivity index (χ4v) is 5.76. The molecule has 0 aliphatic carbocycles. The standard InChI is InChI=1S/C24H28BrN3O5S/c1-3-4-13-26-23(30)17(2)27(16-18-8-7-9-19(25)15-18)22(29)12-14-28-24(31)20-10-5-6-11-21(20)34(28,32)33/h5-11,15,17H,3-4,12-14,16H2,1-2H3,(H,26,30). The summed E-state index contributed by atoms with van der Waals surface area (Å²) in [5, 5.41) is 2.84. The molecule has 0 bridgehead atoms. The summed E-state index contributed by atoms with van der Waals surface area (Å²) < 4.78 is 27.2. The summed E-state index contributed by atoms with van der Waals surface area (Å²) in [5.41, 5.74) is 0.915. The number of sulfonamides is 1. The number of carbonyl (C=O) groups excluding carboxylic acids is 3. The molecule has 2 aromatic carbocycles. The minimum absolute atomic E-state index is 0.0536. The molecule has 1 aliphatic rings. The smallest absolute Gasteiger partial charge is 0.269 e. The second-order valence-corrected chi connectivity index (χ2v) is 10.8. The van der Waals surface area contributed by atoms with Crippen molar-refractivity contribution >= 4 is 43.7 Å². The van der Waals surface area contributed by atoms with Crippen LogP contribution in [0.4, 0.5) is 0 Å². The quantitative estimate of drug-likeness (QED) is 0.458. The SMILES string of the molecule is CCCCNC(=O)C(C)N(Cc1cccc(Br)c1)C(=O)CCN1C(=O)c2ccccc2S1(=O)=O. The van der Waals surface area contributed by atoms with Crippen molar-refractivity contribution in [3.63, 3.8) is 0 Å². The molecule has 1 atom stereocenters. The Balaban J connectivity index is 1.77. The highest BCUT2D eigenvalue weighted by Gasteiger charge is 2.41. The van der Waals surface area contributed by atoms with Crippen LogP contribution in [0.5, 0.6) is 0 Å². The molecule has 10 heteroatoms. The summed E-state index contributed by atoms with van der Waals surface area (Å²) in [5.74, 6) is -1.35. The van der Waals surface area contributed by atoms with E-state index in [4.69, 9.17) is 0 Å². The van der Waals surface area contributed by atoms with Gasteiger partial charge in [0.25, 0.3) is 15.9 Å². The van der Waals surface area contributed by atoms with Crippen LogP contribution >= 0.6 is 15.9 Å². The van der Waals surface area contributed by atoms with Crippen molar-refractivity contribution in [2.75, 3.05) is 13.1 Å². The zero-order valence-electron chi connectivity index (χ0n) is 19.2. The summed E-state index contributed by atoms with van der Waals surface area (Å²) in [6.45, 7) is 4.04. The van der Waals surface area contributed by atoms with E-state index in [1.807, 2.05) is 31.2 Å². The van der Waals surface area contributed by atoms with Gasteiger partial charge in [0, 0.05) is 30.5 Å². The molecule has 0 fully saturated rings. The molecular formula is C24H28BrN3O5S. The summed E-state index contributed by atoms with van der Waals surface area (Å²) in [6, 6.07) is 12.6. The topological polar surface area (TPSA) is 104 Å². The molecule has 0 aromatic heterocycles. The van der Waals surface area contributed by atoms with Gasteiger partial charge in [-0.25, -0.2) is 12.7 Å². The van der Waals surface area contributed by atoms with E-state index in [1.54, 1.807) is 19.1 Å². The van der Waals surface area contributed by atoms with E-state index >= 15 is 0 Å². The van der Waals surface area contributed by atoms with Crippen LogP contribution in [0.1, 0.15) is 49.0 Å². The lowest BCUT2D eigenvalue weighted by molar-refractivity contribution is -0.140. The highest BCUT2D eigenvalue weighted by atomic mass is 79.9. The van der Waals surface area contributed by atoms with Gasteiger partial charge in [-0.05, 0) is 43.2 Å². The van der Waals surface area contributed by atoms with Crippen LogP contribution < -0.4 is 5.32 Å². The minimum Gasteiger partial charge on any atom is -0.354 e. The van der Waals surface area contributed by atoms with Crippen LogP contribution in [0.15, 0.2) is 57.9 Å². The first-order valence-corrected chi connectivity index (χ1v) is 13.4. The lowest BCUT2D eigenvalue weighted by Gasteiger charge is -2.29. The molecule has 1 unspecified atom stereocenters. The maximum Gasteiger partial charge on any atom is 0.269 e. The summed E-state index contributed by atoms with van der Waals surface area (Å²) in [6.07, 6.45) is 1.52. The van der Waals surface area contributed by atoms with E-state index in [9.17, 15) is 22.8 Å². The number of fused-ring (bicyclic) bond motifs is 1. The molecule has 1 heterocycles. The normalized spacial score (nSPS) is 15.0. The Morgan fingerprint density at radius 2 is 1.88 bits per heavy atom. The van der Waals surface area contributed by atoms with Crippen molar-refractivity contribution in [1.29, 1.82) is 0 Å². The molecular weight excluding hydrogens is 522 g/mol. The Bertz CT molecular complexity index is 1180. The van der Waals surface area contributed by atoms with Crippen LogP contribution in [0.3, 0.4) is 0 Å². The molecule has 182 valence electrons.